The van der Waals surface area contributed by atoms with E-state index in [9.17, 15) is 14.4 Å². The number of rotatable bonds is 4. The van der Waals surface area contributed by atoms with Crippen molar-refractivity contribution < 1.29 is 9.18 Å². The van der Waals surface area contributed by atoms with Gasteiger partial charge in [0.2, 0.25) is 0 Å². The van der Waals surface area contributed by atoms with Crippen LogP contribution in [0, 0.1) is 31.0 Å². The molecule has 0 unspecified atom stereocenters. The van der Waals surface area contributed by atoms with Crippen LogP contribution < -0.4 is 5.32 Å². The van der Waals surface area contributed by atoms with Gasteiger partial charge in [0.15, 0.2) is 0 Å². The molecule has 1 amide bonds. The molecule has 140 valence electrons. The number of nitrogens with one attached hydrogen (secondary N) is 1. The summed E-state index contributed by atoms with van der Waals surface area (Å²) < 4.78 is 16.9. The number of hydrogen-bond donors (Lipinski definition) is 1. The maximum atomic E-state index is 14.4. The third-order valence-corrected chi connectivity index (χ3v) is 5.47. The number of nitrogens with zero attached hydrogens (tertiary/aromatic N) is 2. The quantitative estimate of drug-likeness (QED) is 0.551. The van der Waals surface area contributed by atoms with Crippen molar-refractivity contribution >= 4 is 27.9 Å². The Morgan fingerprint density at radius 2 is 2.04 bits per heavy atom. The van der Waals surface area contributed by atoms with E-state index in [1.807, 2.05) is 26.0 Å². The Kier molecular flexibility index (Phi) is 5.81. The first-order chi connectivity index (χ1) is 12.9. The average Bonchev–Trinajstić information content (AvgIpc) is 3.22. The van der Waals surface area contributed by atoms with Crippen molar-refractivity contribution in [3.05, 3.63) is 57.1 Å². The van der Waals surface area contributed by atoms with E-state index in [0.29, 0.717) is 10.2 Å². The fourth-order valence-electron chi connectivity index (χ4n) is 3.60. The first kappa shape index (κ1) is 19.4. The highest BCUT2D eigenvalue weighted by Gasteiger charge is 2.20. The summed E-state index contributed by atoms with van der Waals surface area (Å²) in [5.74, 6) is -0.690. The number of carbonyl (C=O) groups is 1. The van der Waals surface area contributed by atoms with Gasteiger partial charge in [-0.1, -0.05) is 28.8 Å². The normalized spacial score (nSPS) is 15.0. The Hall–Kier alpha value is -2.39. The molecule has 2 aromatic rings. The van der Waals surface area contributed by atoms with E-state index in [4.69, 9.17) is 0 Å². The van der Waals surface area contributed by atoms with Gasteiger partial charge in [0.1, 0.15) is 17.5 Å². The van der Waals surface area contributed by atoms with Crippen LogP contribution in [0.5, 0.6) is 0 Å². The van der Waals surface area contributed by atoms with Gasteiger partial charge in [0, 0.05) is 21.9 Å². The van der Waals surface area contributed by atoms with E-state index in [1.54, 1.807) is 22.8 Å². The lowest BCUT2D eigenvalue weighted by Crippen LogP contribution is -2.33. The molecular weight excluding hydrogens is 409 g/mol. The van der Waals surface area contributed by atoms with E-state index in [0.717, 1.165) is 42.6 Å². The lowest BCUT2D eigenvalue weighted by Gasteiger charge is -2.12. The minimum atomic E-state index is -0.346. The Morgan fingerprint density at radius 1 is 1.33 bits per heavy atom. The van der Waals surface area contributed by atoms with E-state index < -0.39 is 0 Å². The van der Waals surface area contributed by atoms with Crippen LogP contribution in [0.2, 0.25) is 0 Å². The van der Waals surface area contributed by atoms with Gasteiger partial charge in [0.25, 0.3) is 5.91 Å². The highest BCUT2D eigenvalue weighted by atomic mass is 79.9. The predicted molar refractivity (Wildman–Crippen MR) is 107 cm³/mol. The molecule has 3 rings (SSSR count). The van der Waals surface area contributed by atoms with Crippen molar-refractivity contribution in [2.24, 2.45) is 0 Å². The lowest BCUT2D eigenvalue weighted by atomic mass is 10.1. The number of carbonyl (C=O) groups excluding carboxylic acids is 1. The molecule has 1 aliphatic rings. The smallest absolute Gasteiger partial charge is 0.262 e. The highest BCUT2D eigenvalue weighted by Crippen LogP contribution is 2.26. The predicted octanol–water partition coefficient (Wildman–Crippen LogP) is 4.96. The maximum absolute atomic E-state index is 14.4. The van der Waals surface area contributed by atoms with E-state index >= 15 is 0 Å². The number of amides is 1. The molecule has 0 atom stereocenters. The molecule has 4 nitrogen and oxygen atoms in total. The molecular formula is C21H21BrFN3O. The van der Waals surface area contributed by atoms with Crippen LogP contribution in [0.3, 0.4) is 0 Å². The first-order valence-electron chi connectivity index (χ1n) is 8.97. The largest absolute Gasteiger partial charge is 0.349 e. The number of aromatic nitrogens is 1. The van der Waals surface area contributed by atoms with Crippen LogP contribution in [0.25, 0.3) is 11.8 Å². The molecule has 1 fully saturated rings. The SMILES string of the molecule is Cc1cc(/C=C(/C#N)C(=O)NC2CCCC2)c(C)n1-c1ccc(Br)cc1F. The molecule has 6 heteroatoms. The van der Waals surface area contributed by atoms with Gasteiger partial charge in [-0.3, -0.25) is 4.79 Å². The lowest BCUT2D eigenvalue weighted by molar-refractivity contribution is -0.117. The van der Waals surface area contributed by atoms with Crippen molar-refractivity contribution in [1.29, 1.82) is 5.26 Å². The van der Waals surface area contributed by atoms with Crippen molar-refractivity contribution in [2.45, 2.75) is 45.6 Å². The zero-order valence-electron chi connectivity index (χ0n) is 15.4. The van der Waals surface area contributed by atoms with Gasteiger partial charge >= 0.3 is 0 Å². The number of nitriles is 1. The van der Waals surface area contributed by atoms with Gasteiger partial charge in [-0.25, -0.2) is 4.39 Å². The van der Waals surface area contributed by atoms with E-state index in [-0.39, 0.29) is 23.3 Å². The molecule has 0 spiro atoms. The molecule has 0 bridgehead atoms. The molecule has 0 radical (unpaired) electrons. The molecule has 0 saturated heterocycles. The summed E-state index contributed by atoms with van der Waals surface area (Å²) in [6.45, 7) is 3.72. The van der Waals surface area contributed by atoms with Crippen molar-refractivity contribution in [1.82, 2.24) is 9.88 Å². The summed E-state index contributed by atoms with van der Waals surface area (Å²) >= 11 is 3.27. The summed E-state index contributed by atoms with van der Waals surface area (Å²) in [5, 5.41) is 12.4. The number of benzene rings is 1. The fourth-order valence-corrected chi connectivity index (χ4v) is 3.94. The standard InChI is InChI=1S/C21H21BrFN3O/c1-13-9-15(10-16(12-24)21(27)25-18-5-3-4-6-18)14(2)26(13)20-8-7-17(22)11-19(20)23/h7-11,18H,3-6H2,1-2H3,(H,25,27)/b16-10-. The zero-order valence-corrected chi connectivity index (χ0v) is 16.9. The summed E-state index contributed by atoms with van der Waals surface area (Å²) in [6.07, 6.45) is 5.72. The van der Waals surface area contributed by atoms with Gasteiger partial charge in [-0.15, -0.1) is 0 Å². The summed E-state index contributed by atoms with van der Waals surface area (Å²) in [7, 11) is 0. The minimum Gasteiger partial charge on any atom is -0.349 e. The van der Waals surface area contributed by atoms with Gasteiger partial charge in [-0.05, 0) is 62.6 Å². The molecule has 0 aliphatic heterocycles. The Labute approximate surface area is 166 Å². The van der Waals surface area contributed by atoms with Gasteiger partial charge in [-0.2, -0.15) is 5.26 Å². The summed E-state index contributed by atoms with van der Waals surface area (Å²) in [5.41, 5.74) is 2.83. The Morgan fingerprint density at radius 3 is 2.67 bits per heavy atom. The van der Waals surface area contributed by atoms with Gasteiger partial charge in [0.05, 0.1) is 5.69 Å². The summed E-state index contributed by atoms with van der Waals surface area (Å²) in [4.78, 5) is 12.4. The fraction of sp³-hybridized carbons (Fsp3) is 0.333. The minimum absolute atomic E-state index is 0.0680. The van der Waals surface area contributed by atoms with Crippen LogP contribution in [-0.2, 0) is 4.79 Å². The third-order valence-electron chi connectivity index (χ3n) is 4.98. The molecule has 1 aromatic heterocycles. The highest BCUT2D eigenvalue weighted by molar-refractivity contribution is 9.10. The van der Waals surface area contributed by atoms with Crippen molar-refractivity contribution in [3.8, 4) is 11.8 Å². The number of aryl methyl sites for hydroxylation is 1. The third kappa shape index (κ3) is 4.14. The molecule has 1 aliphatic carbocycles. The van der Waals surface area contributed by atoms with Crippen LogP contribution in [-0.4, -0.2) is 16.5 Å². The second-order valence-corrected chi connectivity index (χ2v) is 7.80. The molecule has 27 heavy (non-hydrogen) atoms. The average molecular weight is 430 g/mol. The van der Waals surface area contributed by atoms with Crippen molar-refractivity contribution in [2.75, 3.05) is 0 Å². The van der Waals surface area contributed by atoms with Gasteiger partial charge < -0.3 is 9.88 Å². The Balaban J connectivity index is 1.93. The second kappa shape index (κ2) is 8.10. The molecule has 1 N–H and O–H groups in total. The molecule has 1 aromatic carbocycles. The number of halogens is 2. The second-order valence-electron chi connectivity index (χ2n) is 6.88. The zero-order chi connectivity index (χ0) is 19.6. The van der Waals surface area contributed by atoms with Crippen LogP contribution in [0.4, 0.5) is 4.39 Å². The molecule has 1 saturated carbocycles. The van der Waals surface area contributed by atoms with Crippen LogP contribution in [0.15, 0.2) is 34.3 Å². The Bertz CT molecular complexity index is 949. The summed E-state index contributed by atoms with van der Waals surface area (Å²) in [6, 6.07) is 8.90. The molecule has 1 heterocycles. The number of hydrogen-bond acceptors (Lipinski definition) is 2. The monoisotopic (exact) mass is 429 g/mol. The first-order valence-corrected chi connectivity index (χ1v) is 9.77. The topological polar surface area (TPSA) is 57.8 Å². The maximum Gasteiger partial charge on any atom is 0.262 e. The van der Waals surface area contributed by atoms with E-state index in [2.05, 4.69) is 21.2 Å². The van der Waals surface area contributed by atoms with Crippen LogP contribution >= 0.6 is 15.9 Å². The van der Waals surface area contributed by atoms with Crippen LogP contribution in [0.1, 0.15) is 42.6 Å². The van der Waals surface area contributed by atoms with Crippen molar-refractivity contribution in [3.63, 3.8) is 0 Å². The van der Waals surface area contributed by atoms with E-state index in [1.165, 1.54) is 6.07 Å².